The average molecular weight is 275 g/mol. The van der Waals surface area contributed by atoms with Crippen molar-refractivity contribution >= 4 is 0 Å². The van der Waals surface area contributed by atoms with Gasteiger partial charge in [-0.3, -0.25) is 0 Å². The third-order valence-electron chi connectivity index (χ3n) is 3.58. The number of benzene rings is 1. The van der Waals surface area contributed by atoms with Gasteiger partial charge in [-0.25, -0.2) is 4.98 Å². The molecule has 2 aromatic rings. The lowest BCUT2D eigenvalue weighted by Gasteiger charge is -2.18. The maximum atomic E-state index is 6.30. The fourth-order valence-electron chi connectivity index (χ4n) is 2.16. The van der Waals surface area contributed by atoms with Crippen LogP contribution in [0.4, 0.5) is 0 Å². The van der Waals surface area contributed by atoms with Gasteiger partial charge in [-0.1, -0.05) is 6.07 Å². The molecule has 1 aromatic heterocycles. The van der Waals surface area contributed by atoms with Gasteiger partial charge in [-0.05, 0) is 19.9 Å². The topological polar surface area (TPSA) is 62.3 Å². The van der Waals surface area contributed by atoms with Crippen molar-refractivity contribution in [3.63, 3.8) is 0 Å². The van der Waals surface area contributed by atoms with Crippen molar-refractivity contribution in [2.75, 3.05) is 14.2 Å². The maximum absolute atomic E-state index is 6.30. The Morgan fingerprint density at radius 3 is 2.55 bits per heavy atom. The van der Waals surface area contributed by atoms with E-state index in [-0.39, 0.29) is 6.04 Å². The molecule has 0 aliphatic carbocycles. The molecule has 0 amide bonds. The van der Waals surface area contributed by atoms with Gasteiger partial charge in [0.15, 0.2) is 0 Å². The van der Waals surface area contributed by atoms with Crippen LogP contribution < -0.4 is 15.2 Å². The zero-order valence-electron chi connectivity index (χ0n) is 12.4. The lowest BCUT2D eigenvalue weighted by atomic mass is 10.1. The molecular weight excluding hydrogens is 254 g/mol. The maximum Gasteiger partial charge on any atom is 0.127 e. The molecule has 0 spiro atoms. The molecule has 1 heterocycles. The molecule has 0 saturated heterocycles. The summed E-state index contributed by atoms with van der Waals surface area (Å²) in [7, 11) is 3.27. The van der Waals surface area contributed by atoms with E-state index in [0.717, 1.165) is 28.5 Å². The van der Waals surface area contributed by atoms with Gasteiger partial charge in [0.1, 0.15) is 11.5 Å². The molecule has 0 radical (unpaired) electrons. The minimum absolute atomic E-state index is 0.164. The quantitative estimate of drug-likeness (QED) is 0.908. The Morgan fingerprint density at radius 2 is 2.00 bits per heavy atom. The van der Waals surface area contributed by atoms with Gasteiger partial charge in [0.05, 0.1) is 32.3 Å². The highest BCUT2D eigenvalue weighted by Gasteiger charge is 2.15. The zero-order chi connectivity index (χ0) is 14.7. The predicted molar refractivity (Wildman–Crippen MR) is 78.2 cm³/mol. The second-order valence-electron chi connectivity index (χ2n) is 4.78. The van der Waals surface area contributed by atoms with Crippen molar-refractivity contribution in [2.24, 2.45) is 5.73 Å². The van der Waals surface area contributed by atoms with Crippen molar-refractivity contribution in [2.45, 2.75) is 26.4 Å². The van der Waals surface area contributed by atoms with Gasteiger partial charge < -0.3 is 19.8 Å². The Bertz CT molecular complexity index is 593. The summed E-state index contributed by atoms with van der Waals surface area (Å²) < 4.78 is 12.7. The lowest BCUT2D eigenvalue weighted by molar-refractivity contribution is 0.386. The summed E-state index contributed by atoms with van der Waals surface area (Å²) in [4.78, 5) is 4.29. The summed E-state index contributed by atoms with van der Waals surface area (Å²) in [6, 6.07) is 5.52. The van der Waals surface area contributed by atoms with Gasteiger partial charge in [-0.2, -0.15) is 0 Å². The smallest absolute Gasteiger partial charge is 0.127 e. The molecule has 20 heavy (non-hydrogen) atoms. The standard InChI is InChI=1S/C15H21N3O2/c1-10-11(2)18(9-17-10)8-14(16)13-6-5-12(19-3)7-15(13)20-4/h5-7,9,14H,8,16H2,1-4H3. The largest absolute Gasteiger partial charge is 0.497 e. The minimum atomic E-state index is -0.164. The van der Waals surface area contributed by atoms with E-state index in [2.05, 4.69) is 9.55 Å². The third kappa shape index (κ3) is 2.77. The first-order valence-electron chi connectivity index (χ1n) is 6.52. The number of hydrogen-bond acceptors (Lipinski definition) is 4. The summed E-state index contributed by atoms with van der Waals surface area (Å²) in [5, 5.41) is 0. The number of rotatable bonds is 5. The van der Waals surface area contributed by atoms with Crippen LogP contribution in [0.5, 0.6) is 11.5 Å². The Balaban J connectivity index is 2.24. The molecular formula is C15H21N3O2. The predicted octanol–water partition coefficient (Wildman–Crippen LogP) is 2.22. The summed E-state index contributed by atoms with van der Waals surface area (Å²) in [5.41, 5.74) is 9.42. The van der Waals surface area contributed by atoms with Gasteiger partial charge in [0.2, 0.25) is 0 Å². The monoisotopic (exact) mass is 275 g/mol. The van der Waals surface area contributed by atoms with Crippen LogP contribution in [-0.4, -0.2) is 23.8 Å². The highest BCUT2D eigenvalue weighted by molar-refractivity contribution is 5.42. The van der Waals surface area contributed by atoms with E-state index in [1.807, 2.05) is 38.4 Å². The number of aromatic nitrogens is 2. The molecule has 0 fully saturated rings. The minimum Gasteiger partial charge on any atom is -0.497 e. The van der Waals surface area contributed by atoms with Crippen LogP contribution in [0.25, 0.3) is 0 Å². The molecule has 0 aliphatic rings. The molecule has 0 aliphatic heterocycles. The summed E-state index contributed by atoms with van der Waals surface area (Å²) in [6.45, 7) is 4.70. The van der Waals surface area contributed by atoms with E-state index in [0.29, 0.717) is 6.54 Å². The molecule has 5 heteroatoms. The Morgan fingerprint density at radius 1 is 1.25 bits per heavy atom. The van der Waals surface area contributed by atoms with Crippen LogP contribution in [0, 0.1) is 13.8 Å². The molecule has 108 valence electrons. The molecule has 1 atom stereocenters. The normalized spacial score (nSPS) is 12.2. The van der Waals surface area contributed by atoms with Crippen molar-refractivity contribution < 1.29 is 9.47 Å². The number of nitrogens with two attached hydrogens (primary N) is 1. The van der Waals surface area contributed by atoms with Crippen LogP contribution in [0.1, 0.15) is 23.0 Å². The van der Waals surface area contributed by atoms with Crippen molar-refractivity contribution in [1.29, 1.82) is 0 Å². The number of hydrogen-bond donors (Lipinski definition) is 1. The fourth-order valence-corrected chi connectivity index (χ4v) is 2.16. The van der Waals surface area contributed by atoms with E-state index < -0.39 is 0 Å². The van der Waals surface area contributed by atoms with Gasteiger partial charge in [0, 0.05) is 23.9 Å². The first-order chi connectivity index (χ1) is 9.56. The van der Waals surface area contributed by atoms with Crippen LogP contribution in [-0.2, 0) is 6.54 Å². The molecule has 0 bridgehead atoms. The van der Waals surface area contributed by atoms with Crippen LogP contribution in [0.2, 0.25) is 0 Å². The van der Waals surface area contributed by atoms with E-state index in [9.17, 15) is 0 Å². The lowest BCUT2D eigenvalue weighted by Crippen LogP contribution is -2.18. The summed E-state index contributed by atoms with van der Waals surface area (Å²) >= 11 is 0. The SMILES string of the molecule is COc1ccc(C(N)Cn2cnc(C)c2C)c(OC)c1. The van der Waals surface area contributed by atoms with Crippen molar-refractivity contribution in [3.05, 3.63) is 41.5 Å². The average Bonchev–Trinajstić information content (AvgIpc) is 2.78. The van der Waals surface area contributed by atoms with Gasteiger partial charge >= 0.3 is 0 Å². The molecule has 1 unspecified atom stereocenters. The highest BCUT2D eigenvalue weighted by Crippen LogP contribution is 2.29. The molecule has 2 N–H and O–H groups in total. The summed E-state index contributed by atoms with van der Waals surface area (Å²) in [5.74, 6) is 1.50. The zero-order valence-corrected chi connectivity index (χ0v) is 12.4. The van der Waals surface area contributed by atoms with Crippen LogP contribution in [0.3, 0.4) is 0 Å². The highest BCUT2D eigenvalue weighted by atomic mass is 16.5. The molecule has 2 rings (SSSR count). The third-order valence-corrected chi connectivity index (χ3v) is 3.58. The van der Waals surface area contributed by atoms with E-state index in [4.69, 9.17) is 15.2 Å². The van der Waals surface area contributed by atoms with E-state index in [1.165, 1.54) is 0 Å². The number of ether oxygens (including phenoxy) is 2. The number of imidazole rings is 1. The second-order valence-corrected chi connectivity index (χ2v) is 4.78. The number of methoxy groups -OCH3 is 2. The van der Waals surface area contributed by atoms with Crippen molar-refractivity contribution in [1.82, 2.24) is 9.55 Å². The van der Waals surface area contributed by atoms with Crippen molar-refractivity contribution in [3.8, 4) is 11.5 Å². The van der Waals surface area contributed by atoms with Crippen LogP contribution >= 0.6 is 0 Å². The Labute approximate surface area is 119 Å². The molecule has 1 aromatic carbocycles. The van der Waals surface area contributed by atoms with Crippen LogP contribution in [0.15, 0.2) is 24.5 Å². The second kappa shape index (κ2) is 5.96. The van der Waals surface area contributed by atoms with E-state index in [1.54, 1.807) is 14.2 Å². The van der Waals surface area contributed by atoms with Gasteiger partial charge in [0.25, 0.3) is 0 Å². The number of aryl methyl sites for hydroxylation is 1. The van der Waals surface area contributed by atoms with Gasteiger partial charge in [-0.15, -0.1) is 0 Å². The molecule has 5 nitrogen and oxygen atoms in total. The fraction of sp³-hybridized carbons (Fsp3) is 0.400. The first kappa shape index (κ1) is 14.4. The Hall–Kier alpha value is -2.01. The number of nitrogens with zero attached hydrogens (tertiary/aromatic N) is 2. The Kier molecular flexibility index (Phi) is 4.29. The van der Waals surface area contributed by atoms with E-state index >= 15 is 0 Å². The molecule has 0 saturated carbocycles. The summed E-state index contributed by atoms with van der Waals surface area (Å²) in [6.07, 6.45) is 1.82. The first-order valence-corrected chi connectivity index (χ1v) is 6.52.